The molecule has 0 radical (unpaired) electrons. The molecule has 3 nitrogen and oxygen atoms in total. The minimum absolute atomic E-state index is 0.0946. The topological polar surface area (TPSA) is 37.8 Å². The van der Waals surface area contributed by atoms with E-state index in [1.165, 1.54) is 29.2 Å². The van der Waals surface area contributed by atoms with Crippen LogP contribution in [0.1, 0.15) is 23.5 Å². The maximum absolute atomic E-state index is 13.9. The van der Waals surface area contributed by atoms with Gasteiger partial charge in [-0.3, -0.25) is 0 Å². The fourth-order valence-corrected chi connectivity index (χ4v) is 3.52. The Bertz CT molecular complexity index is 542. The monoisotopic (exact) mass is 283 g/mol. The Hall–Kier alpha value is -0.980. The van der Waals surface area contributed by atoms with Crippen molar-refractivity contribution in [2.24, 2.45) is 0 Å². The van der Waals surface area contributed by atoms with Crippen molar-refractivity contribution in [2.75, 3.05) is 7.05 Å². The Morgan fingerprint density at radius 1 is 1.39 bits per heavy atom. The third-order valence-electron chi connectivity index (χ3n) is 2.59. The van der Waals surface area contributed by atoms with Gasteiger partial charge in [0.05, 0.1) is 4.90 Å². The van der Waals surface area contributed by atoms with Crippen LogP contribution < -0.4 is 5.32 Å². The Morgan fingerprint density at radius 3 is 2.78 bits per heavy atom. The van der Waals surface area contributed by atoms with E-state index in [0.29, 0.717) is 4.90 Å². The summed E-state index contributed by atoms with van der Waals surface area (Å²) in [5.74, 6) is -0.215. The summed E-state index contributed by atoms with van der Waals surface area (Å²) in [5.41, 5.74) is 0.940. The fraction of sp³-hybridized carbons (Fsp3) is 0.333. The molecular formula is C12H14FN3S2. The highest BCUT2D eigenvalue weighted by atomic mass is 32.2. The van der Waals surface area contributed by atoms with Crippen molar-refractivity contribution < 1.29 is 4.39 Å². The van der Waals surface area contributed by atoms with E-state index in [1.807, 2.05) is 27.0 Å². The molecule has 1 heterocycles. The van der Waals surface area contributed by atoms with Crippen molar-refractivity contribution in [3.63, 3.8) is 0 Å². The zero-order valence-corrected chi connectivity index (χ0v) is 12.0. The quantitative estimate of drug-likeness (QED) is 0.933. The number of aromatic nitrogens is 2. The number of aryl methyl sites for hydroxylation is 1. The largest absolute Gasteiger partial charge is 0.313 e. The maximum Gasteiger partial charge on any atom is 0.179 e. The van der Waals surface area contributed by atoms with Gasteiger partial charge in [0.2, 0.25) is 0 Å². The summed E-state index contributed by atoms with van der Waals surface area (Å²) < 4.78 is 14.7. The molecule has 0 aliphatic carbocycles. The minimum Gasteiger partial charge on any atom is -0.313 e. The van der Waals surface area contributed by atoms with Gasteiger partial charge in [0.15, 0.2) is 4.34 Å². The van der Waals surface area contributed by atoms with E-state index in [0.717, 1.165) is 14.9 Å². The highest BCUT2D eigenvalue weighted by Crippen LogP contribution is 2.36. The molecule has 0 bridgehead atoms. The molecule has 1 atom stereocenters. The lowest BCUT2D eigenvalue weighted by Crippen LogP contribution is -2.13. The molecule has 0 aliphatic rings. The van der Waals surface area contributed by atoms with Crippen LogP contribution in [0.3, 0.4) is 0 Å². The van der Waals surface area contributed by atoms with Gasteiger partial charge in [0.25, 0.3) is 0 Å². The summed E-state index contributed by atoms with van der Waals surface area (Å²) in [6.07, 6.45) is 0. The van der Waals surface area contributed by atoms with Crippen molar-refractivity contribution in [2.45, 2.75) is 29.1 Å². The SMILES string of the molecule is CNC(C)c1cccc(F)c1Sc1nnc(C)s1. The van der Waals surface area contributed by atoms with Crippen LogP contribution in [0, 0.1) is 12.7 Å². The average molecular weight is 283 g/mol. The average Bonchev–Trinajstić information content (AvgIpc) is 2.76. The Balaban J connectivity index is 2.36. The van der Waals surface area contributed by atoms with Gasteiger partial charge in [-0.05, 0) is 32.5 Å². The predicted molar refractivity (Wildman–Crippen MR) is 72.6 cm³/mol. The molecular weight excluding hydrogens is 269 g/mol. The summed E-state index contributed by atoms with van der Waals surface area (Å²) >= 11 is 2.81. The van der Waals surface area contributed by atoms with Gasteiger partial charge in [-0.2, -0.15) is 0 Å². The van der Waals surface area contributed by atoms with E-state index in [-0.39, 0.29) is 11.9 Å². The highest BCUT2D eigenvalue weighted by molar-refractivity contribution is 8.01. The molecule has 0 fully saturated rings. The molecule has 0 aliphatic heterocycles. The van der Waals surface area contributed by atoms with Crippen LogP contribution in [0.25, 0.3) is 0 Å². The van der Waals surface area contributed by atoms with Crippen LogP contribution in [-0.4, -0.2) is 17.2 Å². The number of hydrogen-bond acceptors (Lipinski definition) is 5. The normalized spacial score (nSPS) is 12.7. The number of nitrogens with one attached hydrogen (secondary N) is 1. The van der Waals surface area contributed by atoms with Crippen LogP contribution in [0.5, 0.6) is 0 Å². The van der Waals surface area contributed by atoms with Crippen LogP contribution >= 0.6 is 23.1 Å². The van der Waals surface area contributed by atoms with Crippen molar-refractivity contribution in [3.05, 3.63) is 34.6 Å². The summed E-state index contributed by atoms with van der Waals surface area (Å²) in [6.45, 7) is 3.89. The van der Waals surface area contributed by atoms with Gasteiger partial charge in [0, 0.05) is 6.04 Å². The van der Waals surface area contributed by atoms with E-state index in [2.05, 4.69) is 15.5 Å². The first kappa shape index (κ1) is 13.5. The standard InChI is InChI=1S/C12H14FN3S2/c1-7(14-3)9-5-4-6-10(13)11(9)18-12-16-15-8(2)17-12/h4-7,14H,1-3H3. The van der Waals surface area contributed by atoms with Gasteiger partial charge in [-0.15, -0.1) is 10.2 Å². The molecule has 2 rings (SSSR count). The third kappa shape index (κ3) is 2.88. The van der Waals surface area contributed by atoms with Gasteiger partial charge >= 0.3 is 0 Å². The summed E-state index contributed by atoms with van der Waals surface area (Å²) in [4.78, 5) is 0.621. The molecule has 0 spiro atoms. The second kappa shape index (κ2) is 5.77. The smallest absolute Gasteiger partial charge is 0.179 e. The van der Waals surface area contributed by atoms with Crippen LogP contribution in [0.15, 0.2) is 27.4 Å². The summed E-state index contributed by atoms with van der Waals surface area (Å²) in [5, 5.41) is 12.0. The Kier molecular flexibility index (Phi) is 4.31. The molecule has 1 N–H and O–H groups in total. The molecule has 2 aromatic rings. The molecule has 6 heteroatoms. The lowest BCUT2D eigenvalue weighted by Gasteiger charge is -2.15. The molecule has 1 aromatic carbocycles. The summed E-state index contributed by atoms with van der Waals surface area (Å²) in [6, 6.07) is 5.23. The van der Waals surface area contributed by atoms with Crippen molar-refractivity contribution in [1.29, 1.82) is 0 Å². The number of halogens is 1. The second-order valence-corrected chi connectivity index (χ2v) is 6.30. The van der Waals surface area contributed by atoms with Crippen LogP contribution in [-0.2, 0) is 0 Å². The number of rotatable bonds is 4. The second-order valence-electron chi connectivity index (χ2n) is 3.86. The first-order valence-corrected chi connectivity index (χ1v) is 7.18. The first-order chi connectivity index (χ1) is 8.61. The van der Waals surface area contributed by atoms with Crippen molar-refractivity contribution in [1.82, 2.24) is 15.5 Å². The number of benzene rings is 1. The molecule has 1 aromatic heterocycles. The molecule has 0 amide bonds. The van der Waals surface area contributed by atoms with E-state index >= 15 is 0 Å². The summed E-state index contributed by atoms with van der Waals surface area (Å²) in [7, 11) is 1.86. The van der Waals surface area contributed by atoms with Gasteiger partial charge in [0.1, 0.15) is 10.8 Å². The number of hydrogen-bond donors (Lipinski definition) is 1. The molecule has 0 saturated heterocycles. The fourth-order valence-electron chi connectivity index (χ4n) is 1.54. The van der Waals surface area contributed by atoms with Gasteiger partial charge in [-0.1, -0.05) is 35.2 Å². The highest BCUT2D eigenvalue weighted by Gasteiger charge is 2.16. The molecule has 1 unspecified atom stereocenters. The van der Waals surface area contributed by atoms with Crippen molar-refractivity contribution >= 4 is 23.1 Å². The molecule has 96 valence electrons. The van der Waals surface area contributed by atoms with Gasteiger partial charge < -0.3 is 5.32 Å². The van der Waals surface area contributed by atoms with Crippen LogP contribution in [0.4, 0.5) is 4.39 Å². The molecule has 0 saturated carbocycles. The minimum atomic E-state index is -0.215. The van der Waals surface area contributed by atoms with E-state index in [9.17, 15) is 4.39 Å². The zero-order chi connectivity index (χ0) is 13.1. The molecule has 18 heavy (non-hydrogen) atoms. The Labute approximate surface area is 114 Å². The van der Waals surface area contributed by atoms with E-state index in [1.54, 1.807) is 6.07 Å². The Morgan fingerprint density at radius 2 is 2.17 bits per heavy atom. The predicted octanol–water partition coefficient (Wildman–Crippen LogP) is 3.42. The third-order valence-corrected chi connectivity index (χ3v) is 4.62. The van der Waals surface area contributed by atoms with Gasteiger partial charge in [-0.25, -0.2) is 4.39 Å². The zero-order valence-electron chi connectivity index (χ0n) is 10.4. The van der Waals surface area contributed by atoms with E-state index < -0.39 is 0 Å². The lowest BCUT2D eigenvalue weighted by molar-refractivity contribution is 0.576. The van der Waals surface area contributed by atoms with Crippen molar-refractivity contribution in [3.8, 4) is 0 Å². The number of nitrogens with zero attached hydrogens (tertiary/aromatic N) is 2. The van der Waals surface area contributed by atoms with Crippen LogP contribution in [0.2, 0.25) is 0 Å². The first-order valence-electron chi connectivity index (χ1n) is 5.55. The van der Waals surface area contributed by atoms with E-state index in [4.69, 9.17) is 0 Å². The maximum atomic E-state index is 13.9. The lowest BCUT2D eigenvalue weighted by atomic mass is 10.1.